The molecule has 0 spiro atoms. The summed E-state index contributed by atoms with van der Waals surface area (Å²) >= 11 is 0. The summed E-state index contributed by atoms with van der Waals surface area (Å²) in [5.74, 6) is -1.78. The summed E-state index contributed by atoms with van der Waals surface area (Å²) in [7, 11) is 0. The van der Waals surface area contributed by atoms with Gasteiger partial charge in [0.25, 0.3) is 11.8 Å². The highest BCUT2D eigenvalue weighted by molar-refractivity contribution is 6.01. The summed E-state index contributed by atoms with van der Waals surface area (Å²) in [6, 6.07) is 3.52. The molecule has 0 saturated carbocycles. The van der Waals surface area contributed by atoms with Crippen LogP contribution in [0.1, 0.15) is 68.1 Å². The number of hydrogen-bond acceptors (Lipinski definition) is 8. The van der Waals surface area contributed by atoms with Gasteiger partial charge in [-0.1, -0.05) is 6.42 Å². The van der Waals surface area contributed by atoms with Gasteiger partial charge in [-0.25, -0.2) is 9.59 Å². The largest absolute Gasteiger partial charge is 0.422 e. The molecule has 2 aromatic rings. The number of rotatable bonds is 9. The van der Waals surface area contributed by atoms with E-state index in [1.807, 2.05) is 0 Å². The number of hydrogen-bond donors (Lipinski definition) is 1. The molecule has 1 saturated heterocycles. The van der Waals surface area contributed by atoms with E-state index in [-0.39, 0.29) is 31.6 Å². The molecule has 10 nitrogen and oxygen atoms in total. The summed E-state index contributed by atoms with van der Waals surface area (Å²) < 4.78 is 5.66. The molecule has 0 atom stereocenters. The predicted molar refractivity (Wildman–Crippen MR) is 134 cm³/mol. The molecule has 5 rings (SSSR count). The second kappa shape index (κ2) is 10.7. The van der Waals surface area contributed by atoms with Crippen LogP contribution in [0, 0.1) is 0 Å². The van der Waals surface area contributed by atoms with E-state index < -0.39 is 23.4 Å². The van der Waals surface area contributed by atoms with Crippen LogP contribution >= 0.6 is 0 Å². The van der Waals surface area contributed by atoms with Gasteiger partial charge >= 0.3 is 11.6 Å². The Labute approximate surface area is 213 Å². The Balaban J connectivity index is 1.13. The van der Waals surface area contributed by atoms with Gasteiger partial charge in [0.15, 0.2) is 0 Å². The third-order valence-electron chi connectivity index (χ3n) is 7.24. The standard InChI is InChI=1S/C27H31N3O7/c31-21(28-11-3-1-2-8-24(34)37-30-22(32)9-10-23(30)33)15-18-16-25(35)36-27-19-7-5-13-29-12-4-6-17(26(19)29)14-20(18)27/h14,16H,1-13,15H2,(H,28,31). The SMILES string of the molecule is O=C(Cc1cc(=O)oc2c3c4c(cc12)CCCN4CCC3)NCCCCCC(=O)ON1C(=O)CCC1=O. The fourth-order valence-electron chi connectivity index (χ4n) is 5.52. The number of carbonyl (C=O) groups excluding carboxylic acids is 4. The van der Waals surface area contributed by atoms with Crippen molar-refractivity contribution in [3.63, 3.8) is 0 Å². The van der Waals surface area contributed by atoms with E-state index in [2.05, 4.69) is 16.3 Å². The van der Waals surface area contributed by atoms with Crippen molar-refractivity contribution in [1.29, 1.82) is 0 Å². The average molecular weight is 510 g/mol. The Morgan fingerprint density at radius 1 is 0.946 bits per heavy atom. The molecule has 1 aromatic carbocycles. The molecule has 1 fully saturated rings. The number of benzene rings is 1. The minimum Gasteiger partial charge on any atom is -0.422 e. The van der Waals surface area contributed by atoms with Gasteiger partial charge in [-0.2, -0.15) is 0 Å². The monoisotopic (exact) mass is 509 g/mol. The zero-order chi connectivity index (χ0) is 25.9. The average Bonchev–Trinajstić information content (AvgIpc) is 3.19. The van der Waals surface area contributed by atoms with Gasteiger partial charge < -0.3 is 19.5 Å². The Morgan fingerprint density at radius 2 is 1.70 bits per heavy atom. The fourth-order valence-corrected chi connectivity index (χ4v) is 5.52. The molecule has 0 aliphatic carbocycles. The van der Waals surface area contributed by atoms with Crippen molar-refractivity contribution in [2.75, 3.05) is 24.5 Å². The molecule has 196 valence electrons. The van der Waals surface area contributed by atoms with Crippen LogP contribution in [-0.4, -0.2) is 48.4 Å². The number of anilines is 1. The maximum absolute atomic E-state index is 12.7. The smallest absolute Gasteiger partial charge is 0.336 e. The molecule has 1 N–H and O–H groups in total. The van der Waals surface area contributed by atoms with Gasteiger partial charge in [-0.05, 0) is 55.7 Å². The van der Waals surface area contributed by atoms with Gasteiger partial charge in [-0.3, -0.25) is 14.4 Å². The molecule has 1 aromatic heterocycles. The van der Waals surface area contributed by atoms with Crippen LogP contribution in [0.15, 0.2) is 21.3 Å². The molecule has 0 radical (unpaired) electrons. The first-order chi connectivity index (χ1) is 17.9. The summed E-state index contributed by atoms with van der Waals surface area (Å²) in [6.45, 7) is 2.49. The third kappa shape index (κ3) is 5.38. The summed E-state index contributed by atoms with van der Waals surface area (Å²) in [4.78, 5) is 67.1. The van der Waals surface area contributed by atoms with E-state index in [0.29, 0.717) is 42.0 Å². The van der Waals surface area contributed by atoms with E-state index in [4.69, 9.17) is 9.25 Å². The minimum absolute atomic E-state index is 0.0669. The molecule has 4 heterocycles. The van der Waals surface area contributed by atoms with Crippen LogP contribution < -0.4 is 15.8 Å². The number of unbranched alkanes of at least 4 members (excludes halogenated alkanes) is 2. The Hall–Kier alpha value is -3.69. The first kappa shape index (κ1) is 25.0. The summed E-state index contributed by atoms with van der Waals surface area (Å²) in [5, 5.41) is 4.29. The van der Waals surface area contributed by atoms with Gasteiger partial charge in [0.05, 0.1) is 6.42 Å². The van der Waals surface area contributed by atoms with Crippen LogP contribution in [0.4, 0.5) is 5.69 Å². The summed E-state index contributed by atoms with van der Waals surface area (Å²) in [5.41, 5.74) is 4.43. The number of nitrogens with zero attached hydrogens (tertiary/aromatic N) is 2. The Morgan fingerprint density at radius 3 is 2.49 bits per heavy atom. The number of aryl methyl sites for hydroxylation is 2. The lowest BCUT2D eigenvalue weighted by molar-refractivity contribution is -0.197. The number of hydroxylamine groups is 2. The quantitative estimate of drug-likeness (QED) is 0.310. The van der Waals surface area contributed by atoms with Crippen molar-refractivity contribution in [3.8, 4) is 0 Å². The number of carbonyl (C=O) groups is 4. The van der Waals surface area contributed by atoms with Crippen molar-refractivity contribution in [1.82, 2.24) is 10.4 Å². The molecular formula is C27H31N3O7. The fraction of sp³-hybridized carbons (Fsp3) is 0.519. The lowest BCUT2D eigenvalue weighted by Crippen LogP contribution is -2.34. The molecule has 3 aliphatic rings. The van der Waals surface area contributed by atoms with Crippen LogP contribution in [0.25, 0.3) is 11.0 Å². The lowest BCUT2D eigenvalue weighted by atomic mass is 9.89. The zero-order valence-electron chi connectivity index (χ0n) is 20.8. The third-order valence-corrected chi connectivity index (χ3v) is 7.24. The number of fused-ring (bicyclic) bond motifs is 2. The highest BCUT2D eigenvalue weighted by Crippen LogP contribution is 2.40. The van der Waals surface area contributed by atoms with Crippen molar-refractivity contribution in [2.24, 2.45) is 0 Å². The lowest BCUT2D eigenvalue weighted by Gasteiger charge is -2.37. The summed E-state index contributed by atoms with van der Waals surface area (Å²) in [6.07, 6.45) is 6.12. The molecular weight excluding hydrogens is 478 g/mol. The zero-order valence-corrected chi connectivity index (χ0v) is 20.8. The van der Waals surface area contributed by atoms with Crippen molar-refractivity contribution in [2.45, 2.75) is 70.6 Å². The minimum atomic E-state index is -0.619. The van der Waals surface area contributed by atoms with E-state index in [1.54, 1.807) is 0 Å². The Kier molecular flexibility index (Phi) is 7.25. The van der Waals surface area contributed by atoms with Crippen molar-refractivity contribution < 1.29 is 28.4 Å². The van der Waals surface area contributed by atoms with Gasteiger partial charge in [0.2, 0.25) is 5.91 Å². The highest BCUT2D eigenvalue weighted by atomic mass is 16.7. The van der Waals surface area contributed by atoms with E-state index >= 15 is 0 Å². The normalized spacial score (nSPS) is 16.8. The van der Waals surface area contributed by atoms with Crippen molar-refractivity contribution >= 4 is 40.3 Å². The Bertz CT molecular complexity index is 1300. The van der Waals surface area contributed by atoms with E-state index in [9.17, 15) is 24.0 Å². The van der Waals surface area contributed by atoms with E-state index in [0.717, 1.165) is 49.7 Å². The molecule has 3 aliphatic heterocycles. The number of nitrogens with one attached hydrogen (secondary N) is 1. The predicted octanol–water partition coefficient (Wildman–Crippen LogP) is 2.32. The highest BCUT2D eigenvalue weighted by Gasteiger charge is 2.32. The maximum Gasteiger partial charge on any atom is 0.336 e. The van der Waals surface area contributed by atoms with Gasteiger partial charge in [0, 0.05) is 61.6 Å². The van der Waals surface area contributed by atoms with Gasteiger partial charge in [0.1, 0.15) is 5.58 Å². The van der Waals surface area contributed by atoms with Crippen LogP contribution in [0.2, 0.25) is 0 Å². The molecule has 10 heteroatoms. The molecule has 0 unspecified atom stereocenters. The number of imide groups is 1. The van der Waals surface area contributed by atoms with Gasteiger partial charge in [-0.15, -0.1) is 5.06 Å². The first-order valence-corrected chi connectivity index (χ1v) is 13.1. The van der Waals surface area contributed by atoms with E-state index in [1.165, 1.54) is 17.3 Å². The first-order valence-electron chi connectivity index (χ1n) is 13.1. The van der Waals surface area contributed by atoms with Crippen molar-refractivity contribution in [3.05, 3.63) is 39.2 Å². The molecule has 0 bridgehead atoms. The van der Waals surface area contributed by atoms with Crippen LogP contribution in [-0.2, 0) is 43.3 Å². The molecule has 3 amide bonds. The van der Waals surface area contributed by atoms with Crippen LogP contribution in [0.5, 0.6) is 0 Å². The molecule has 37 heavy (non-hydrogen) atoms. The maximum atomic E-state index is 12.7. The van der Waals surface area contributed by atoms with Crippen LogP contribution in [0.3, 0.4) is 0 Å². The topological polar surface area (TPSA) is 126 Å². The second-order valence-corrected chi connectivity index (χ2v) is 9.91. The number of amides is 3. The second-order valence-electron chi connectivity index (χ2n) is 9.91.